The van der Waals surface area contributed by atoms with Crippen LogP contribution in [0.2, 0.25) is 5.02 Å². The lowest BCUT2D eigenvalue weighted by atomic mass is 10.2. The smallest absolute Gasteiger partial charge is 0.287 e. The molecule has 0 spiro atoms. The lowest BCUT2D eigenvalue weighted by molar-refractivity contribution is -0.137. The Kier molecular flexibility index (Phi) is 4.43. The zero-order valence-corrected chi connectivity index (χ0v) is 9.47. The van der Waals surface area contributed by atoms with Crippen LogP contribution in [0.1, 0.15) is 18.9 Å². The highest BCUT2D eigenvalue weighted by atomic mass is 35.5. The fourth-order valence-corrected chi connectivity index (χ4v) is 1.33. The first-order valence-corrected chi connectivity index (χ1v) is 5.17. The summed E-state index contributed by atoms with van der Waals surface area (Å²) in [5, 5.41) is 2.64. The van der Waals surface area contributed by atoms with Crippen LogP contribution in [0, 0.1) is 5.82 Å². The Morgan fingerprint density at radius 2 is 2.12 bits per heavy atom. The minimum absolute atomic E-state index is 0.115. The Balaban J connectivity index is 2.61. The third-order valence-electron chi connectivity index (χ3n) is 2.03. The molecular formula is C11H11ClFNO2. The first kappa shape index (κ1) is 12.6. The predicted octanol–water partition coefficient (Wildman–Crippen LogP) is 2.07. The van der Waals surface area contributed by atoms with Crippen LogP contribution >= 0.6 is 11.6 Å². The van der Waals surface area contributed by atoms with E-state index in [0.29, 0.717) is 5.56 Å². The van der Waals surface area contributed by atoms with Gasteiger partial charge in [0.2, 0.25) is 5.78 Å². The molecule has 0 fully saturated rings. The van der Waals surface area contributed by atoms with Crippen molar-refractivity contribution in [3.8, 4) is 0 Å². The van der Waals surface area contributed by atoms with Gasteiger partial charge in [0.25, 0.3) is 5.91 Å². The third kappa shape index (κ3) is 3.31. The molecule has 0 radical (unpaired) electrons. The molecule has 16 heavy (non-hydrogen) atoms. The molecule has 1 N–H and O–H groups in total. The van der Waals surface area contributed by atoms with E-state index in [1.807, 2.05) is 0 Å². The van der Waals surface area contributed by atoms with Gasteiger partial charge in [0, 0.05) is 18.0 Å². The van der Waals surface area contributed by atoms with E-state index in [1.54, 1.807) is 6.92 Å². The molecule has 3 nitrogen and oxygen atoms in total. The van der Waals surface area contributed by atoms with Crippen molar-refractivity contribution >= 4 is 23.3 Å². The Morgan fingerprint density at radius 3 is 2.69 bits per heavy atom. The molecule has 0 unspecified atom stereocenters. The van der Waals surface area contributed by atoms with Crippen LogP contribution in [0.5, 0.6) is 0 Å². The molecule has 1 aromatic rings. The van der Waals surface area contributed by atoms with Crippen molar-refractivity contribution in [1.82, 2.24) is 5.32 Å². The number of ketones is 1. The number of Topliss-reactive ketones (excluding diaryl/α,β-unsaturated/α-hetero) is 1. The van der Waals surface area contributed by atoms with E-state index in [2.05, 4.69) is 5.32 Å². The van der Waals surface area contributed by atoms with E-state index in [9.17, 15) is 14.0 Å². The summed E-state index contributed by atoms with van der Waals surface area (Å²) in [5.41, 5.74) is 0.570. The molecule has 1 amide bonds. The highest BCUT2D eigenvalue weighted by molar-refractivity contribution is 6.36. The van der Waals surface area contributed by atoms with Gasteiger partial charge in [-0.25, -0.2) is 4.39 Å². The summed E-state index contributed by atoms with van der Waals surface area (Å²) in [5.74, 6) is -1.58. The van der Waals surface area contributed by atoms with E-state index >= 15 is 0 Å². The fraction of sp³-hybridized carbons (Fsp3) is 0.273. The number of rotatable bonds is 4. The summed E-state index contributed by atoms with van der Waals surface area (Å²) < 4.78 is 12.7. The van der Waals surface area contributed by atoms with E-state index in [0.717, 1.165) is 6.07 Å². The van der Waals surface area contributed by atoms with Gasteiger partial charge >= 0.3 is 0 Å². The molecule has 0 aliphatic rings. The van der Waals surface area contributed by atoms with Crippen LogP contribution in [0.3, 0.4) is 0 Å². The SMILES string of the molecule is CCC(=O)C(=O)NCc1ccc(F)cc1Cl. The molecule has 86 valence electrons. The van der Waals surface area contributed by atoms with E-state index in [1.165, 1.54) is 12.1 Å². The zero-order valence-electron chi connectivity index (χ0n) is 8.72. The molecule has 5 heteroatoms. The number of amides is 1. The molecule has 1 aromatic carbocycles. The largest absolute Gasteiger partial charge is 0.345 e. The van der Waals surface area contributed by atoms with Gasteiger partial charge in [-0.2, -0.15) is 0 Å². The number of hydrogen-bond donors (Lipinski definition) is 1. The molecule has 1 rings (SSSR count). The van der Waals surface area contributed by atoms with E-state index in [4.69, 9.17) is 11.6 Å². The van der Waals surface area contributed by atoms with Gasteiger partial charge in [-0.05, 0) is 17.7 Å². The van der Waals surface area contributed by atoms with Crippen molar-refractivity contribution in [2.75, 3.05) is 0 Å². The van der Waals surface area contributed by atoms with Crippen LogP contribution in [0.25, 0.3) is 0 Å². The monoisotopic (exact) mass is 243 g/mol. The van der Waals surface area contributed by atoms with Crippen molar-refractivity contribution in [3.05, 3.63) is 34.6 Å². The van der Waals surface area contributed by atoms with Gasteiger partial charge in [0.15, 0.2) is 0 Å². The number of halogens is 2. The number of nitrogens with one attached hydrogen (secondary N) is 1. The fourth-order valence-electron chi connectivity index (χ4n) is 1.10. The van der Waals surface area contributed by atoms with Crippen LogP contribution in [-0.4, -0.2) is 11.7 Å². The van der Waals surface area contributed by atoms with Crippen LogP contribution in [0.15, 0.2) is 18.2 Å². The Labute approximate surface area is 97.6 Å². The molecule has 0 atom stereocenters. The molecule has 0 heterocycles. The summed E-state index contributed by atoms with van der Waals surface area (Å²) in [4.78, 5) is 22.1. The van der Waals surface area contributed by atoms with Crippen molar-refractivity contribution in [2.24, 2.45) is 0 Å². The molecular weight excluding hydrogens is 233 g/mol. The summed E-state index contributed by atoms with van der Waals surface area (Å²) >= 11 is 5.75. The highest BCUT2D eigenvalue weighted by Crippen LogP contribution is 2.16. The van der Waals surface area contributed by atoms with Crippen molar-refractivity contribution in [2.45, 2.75) is 19.9 Å². The van der Waals surface area contributed by atoms with Crippen LogP contribution in [0.4, 0.5) is 4.39 Å². The average molecular weight is 244 g/mol. The second-order valence-corrected chi connectivity index (χ2v) is 3.60. The minimum atomic E-state index is -0.650. The first-order chi connectivity index (χ1) is 7.54. The lowest BCUT2D eigenvalue weighted by Gasteiger charge is -2.05. The molecule has 0 saturated carbocycles. The van der Waals surface area contributed by atoms with Crippen molar-refractivity contribution in [1.29, 1.82) is 0 Å². The van der Waals surface area contributed by atoms with Gasteiger partial charge < -0.3 is 5.32 Å². The number of carbonyl (C=O) groups is 2. The maximum Gasteiger partial charge on any atom is 0.287 e. The van der Waals surface area contributed by atoms with Gasteiger partial charge in [0.05, 0.1) is 0 Å². The zero-order chi connectivity index (χ0) is 12.1. The Bertz CT molecular complexity index is 420. The lowest BCUT2D eigenvalue weighted by Crippen LogP contribution is -2.30. The Morgan fingerprint density at radius 1 is 1.44 bits per heavy atom. The Hall–Kier alpha value is -1.42. The summed E-state index contributed by atoms with van der Waals surface area (Å²) in [6, 6.07) is 3.87. The molecule has 0 saturated heterocycles. The second-order valence-electron chi connectivity index (χ2n) is 3.20. The van der Waals surface area contributed by atoms with Crippen LogP contribution in [-0.2, 0) is 16.1 Å². The molecule has 0 aliphatic carbocycles. The quantitative estimate of drug-likeness (QED) is 0.823. The van der Waals surface area contributed by atoms with Crippen molar-refractivity contribution in [3.63, 3.8) is 0 Å². The van der Waals surface area contributed by atoms with Gasteiger partial charge in [-0.1, -0.05) is 24.6 Å². The summed E-state index contributed by atoms with van der Waals surface area (Å²) in [6.45, 7) is 1.72. The first-order valence-electron chi connectivity index (χ1n) is 4.79. The normalized spacial score (nSPS) is 9.94. The average Bonchev–Trinajstić information content (AvgIpc) is 2.26. The predicted molar refractivity (Wildman–Crippen MR) is 58.6 cm³/mol. The van der Waals surface area contributed by atoms with Gasteiger partial charge in [-0.3, -0.25) is 9.59 Å². The maximum absolute atomic E-state index is 12.7. The standard InChI is InChI=1S/C11H11ClFNO2/c1-2-10(15)11(16)14-6-7-3-4-8(13)5-9(7)12/h3-5H,2,6H2,1H3,(H,14,16). The number of hydrogen-bond acceptors (Lipinski definition) is 2. The van der Waals surface area contributed by atoms with Gasteiger partial charge in [0.1, 0.15) is 5.82 Å². The highest BCUT2D eigenvalue weighted by Gasteiger charge is 2.11. The van der Waals surface area contributed by atoms with Crippen LogP contribution < -0.4 is 5.32 Å². The number of carbonyl (C=O) groups excluding carboxylic acids is 2. The van der Waals surface area contributed by atoms with Gasteiger partial charge in [-0.15, -0.1) is 0 Å². The third-order valence-corrected chi connectivity index (χ3v) is 2.38. The summed E-state index contributed by atoms with van der Waals surface area (Å²) in [7, 11) is 0. The molecule has 0 aliphatic heterocycles. The minimum Gasteiger partial charge on any atom is -0.345 e. The molecule has 0 aromatic heterocycles. The molecule has 0 bridgehead atoms. The number of benzene rings is 1. The van der Waals surface area contributed by atoms with E-state index in [-0.39, 0.29) is 18.0 Å². The summed E-state index contributed by atoms with van der Waals surface area (Å²) in [6.07, 6.45) is 0.156. The second kappa shape index (κ2) is 5.61. The topological polar surface area (TPSA) is 46.2 Å². The van der Waals surface area contributed by atoms with E-state index < -0.39 is 17.5 Å². The van der Waals surface area contributed by atoms with Crippen molar-refractivity contribution < 1.29 is 14.0 Å². The maximum atomic E-state index is 12.7.